The zero-order valence-corrected chi connectivity index (χ0v) is 14.7. The van der Waals surface area contributed by atoms with Gasteiger partial charge in [0.05, 0.1) is 13.5 Å². The zero-order chi connectivity index (χ0) is 15.6. The summed E-state index contributed by atoms with van der Waals surface area (Å²) in [5.41, 5.74) is 8.20. The lowest BCUT2D eigenvalue weighted by Crippen LogP contribution is -2.54. The van der Waals surface area contributed by atoms with Crippen LogP contribution in [0.4, 0.5) is 0 Å². The van der Waals surface area contributed by atoms with Crippen molar-refractivity contribution in [3.05, 3.63) is 29.3 Å². The lowest BCUT2D eigenvalue weighted by atomic mass is 9.79. The van der Waals surface area contributed by atoms with Crippen molar-refractivity contribution in [3.8, 4) is 5.75 Å². The molecule has 0 aromatic heterocycles. The van der Waals surface area contributed by atoms with Gasteiger partial charge >= 0.3 is 0 Å². The molecule has 0 saturated carbocycles. The number of benzene rings is 1. The summed E-state index contributed by atoms with van der Waals surface area (Å²) in [6, 6.07) is 6.11. The molecular weight excluding hydrogens is 300 g/mol. The molecule has 1 aromatic rings. The van der Waals surface area contributed by atoms with Gasteiger partial charge in [-0.05, 0) is 24.8 Å². The van der Waals surface area contributed by atoms with Crippen LogP contribution in [0.25, 0.3) is 0 Å². The summed E-state index contributed by atoms with van der Waals surface area (Å²) in [5.74, 6) is 0.931. The summed E-state index contributed by atoms with van der Waals surface area (Å²) in [4.78, 5) is 14.5. The number of piperidine rings is 1. The Morgan fingerprint density at radius 2 is 2.14 bits per heavy atom. The van der Waals surface area contributed by atoms with E-state index in [9.17, 15) is 4.79 Å². The number of carbonyl (C=O) groups excluding carboxylic acids is 1. The van der Waals surface area contributed by atoms with Crippen molar-refractivity contribution in [2.75, 3.05) is 20.2 Å². The van der Waals surface area contributed by atoms with Crippen molar-refractivity contribution in [2.24, 2.45) is 11.1 Å². The van der Waals surface area contributed by atoms with Crippen molar-refractivity contribution in [3.63, 3.8) is 0 Å². The van der Waals surface area contributed by atoms with E-state index in [0.29, 0.717) is 6.42 Å². The Morgan fingerprint density at radius 3 is 2.73 bits per heavy atom. The highest BCUT2D eigenvalue weighted by atomic mass is 35.5. The van der Waals surface area contributed by atoms with E-state index >= 15 is 0 Å². The molecule has 0 radical (unpaired) electrons. The second kappa shape index (κ2) is 7.34. The number of methoxy groups -OCH3 is 1. The van der Waals surface area contributed by atoms with Gasteiger partial charge < -0.3 is 15.4 Å². The Bertz CT molecular complexity index is 531. The van der Waals surface area contributed by atoms with Gasteiger partial charge in [0.15, 0.2) is 0 Å². The van der Waals surface area contributed by atoms with E-state index in [1.165, 1.54) is 0 Å². The Balaban J connectivity index is 0.00000242. The highest BCUT2D eigenvalue weighted by Gasteiger charge is 2.35. The lowest BCUT2D eigenvalue weighted by Gasteiger charge is -2.42. The lowest BCUT2D eigenvalue weighted by molar-refractivity contribution is -0.133. The molecule has 1 aliphatic heterocycles. The van der Waals surface area contributed by atoms with Crippen LogP contribution in [0.5, 0.6) is 5.75 Å². The minimum absolute atomic E-state index is 0. The van der Waals surface area contributed by atoms with Crippen LogP contribution in [0.3, 0.4) is 0 Å². The van der Waals surface area contributed by atoms with Crippen molar-refractivity contribution in [1.29, 1.82) is 0 Å². The highest BCUT2D eigenvalue weighted by molar-refractivity contribution is 5.85. The molecular formula is C17H27ClN2O2. The molecule has 1 aliphatic rings. The Hall–Kier alpha value is -1.26. The predicted octanol–water partition coefficient (Wildman–Crippen LogP) is 2.55. The van der Waals surface area contributed by atoms with Gasteiger partial charge in [-0.25, -0.2) is 0 Å². The van der Waals surface area contributed by atoms with Gasteiger partial charge in [0.2, 0.25) is 5.91 Å². The summed E-state index contributed by atoms with van der Waals surface area (Å²) >= 11 is 0. The van der Waals surface area contributed by atoms with Crippen molar-refractivity contribution < 1.29 is 9.53 Å². The number of nitrogens with zero attached hydrogens (tertiary/aromatic N) is 1. The monoisotopic (exact) mass is 326 g/mol. The summed E-state index contributed by atoms with van der Waals surface area (Å²) < 4.78 is 5.36. The molecule has 1 aromatic carbocycles. The first-order valence-electron chi connectivity index (χ1n) is 7.50. The molecule has 4 nitrogen and oxygen atoms in total. The maximum absolute atomic E-state index is 12.6. The van der Waals surface area contributed by atoms with Gasteiger partial charge in [-0.1, -0.05) is 31.5 Å². The van der Waals surface area contributed by atoms with E-state index in [1.807, 2.05) is 30.0 Å². The number of ether oxygens (including phenoxy) is 1. The largest absolute Gasteiger partial charge is 0.496 e. The zero-order valence-electron chi connectivity index (χ0n) is 13.9. The molecule has 1 heterocycles. The van der Waals surface area contributed by atoms with E-state index in [-0.39, 0.29) is 29.8 Å². The van der Waals surface area contributed by atoms with Crippen LogP contribution < -0.4 is 10.5 Å². The van der Waals surface area contributed by atoms with Crippen molar-refractivity contribution >= 4 is 18.3 Å². The second-order valence-electron chi connectivity index (χ2n) is 6.69. The smallest absolute Gasteiger partial charge is 0.227 e. The van der Waals surface area contributed by atoms with Gasteiger partial charge in [-0.15, -0.1) is 12.4 Å². The third-order valence-electron chi connectivity index (χ3n) is 4.44. The average molecular weight is 327 g/mol. The molecule has 5 heteroatoms. The van der Waals surface area contributed by atoms with Crippen LogP contribution in [-0.2, 0) is 11.2 Å². The molecule has 124 valence electrons. The number of hydrogen-bond donors (Lipinski definition) is 1. The molecule has 2 N–H and O–H groups in total. The third-order valence-corrected chi connectivity index (χ3v) is 4.44. The molecule has 2 rings (SSSR count). The second-order valence-corrected chi connectivity index (χ2v) is 6.69. The Labute approximate surface area is 139 Å². The number of likely N-dealkylation sites (tertiary alicyclic amines) is 1. The average Bonchev–Trinajstić information content (AvgIpc) is 2.42. The van der Waals surface area contributed by atoms with E-state index in [1.54, 1.807) is 7.11 Å². The van der Waals surface area contributed by atoms with E-state index < -0.39 is 0 Å². The number of aryl methyl sites for hydroxylation is 1. The number of halogens is 1. The number of nitrogens with two attached hydrogens (primary N) is 1. The van der Waals surface area contributed by atoms with Gasteiger partial charge in [0.1, 0.15) is 5.75 Å². The van der Waals surface area contributed by atoms with Gasteiger partial charge in [0.25, 0.3) is 0 Å². The summed E-state index contributed by atoms with van der Waals surface area (Å²) in [5, 5.41) is 0. The van der Waals surface area contributed by atoms with E-state index in [0.717, 1.165) is 36.4 Å². The number of amides is 1. The van der Waals surface area contributed by atoms with Crippen LogP contribution in [0.2, 0.25) is 0 Å². The number of carbonyl (C=O) groups is 1. The van der Waals surface area contributed by atoms with Gasteiger partial charge in [-0.3, -0.25) is 4.79 Å². The first-order chi connectivity index (χ1) is 9.83. The van der Waals surface area contributed by atoms with Crippen LogP contribution in [0.1, 0.15) is 31.4 Å². The topological polar surface area (TPSA) is 55.6 Å². The van der Waals surface area contributed by atoms with Crippen LogP contribution >= 0.6 is 12.4 Å². The van der Waals surface area contributed by atoms with Crippen molar-refractivity contribution in [2.45, 2.75) is 39.7 Å². The minimum atomic E-state index is -0.0232. The molecule has 0 spiro atoms. The fourth-order valence-corrected chi connectivity index (χ4v) is 2.91. The molecule has 1 atom stereocenters. The van der Waals surface area contributed by atoms with E-state index in [4.69, 9.17) is 10.5 Å². The Kier molecular flexibility index (Phi) is 6.27. The van der Waals surface area contributed by atoms with Crippen LogP contribution in [0.15, 0.2) is 18.2 Å². The van der Waals surface area contributed by atoms with Crippen LogP contribution in [0, 0.1) is 12.3 Å². The normalized spacial score (nSPS) is 20.2. The van der Waals surface area contributed by atoms with E-state index in [2.05, 4.69) is 13.8 Å². The van der Waals surface area contributed by atoms with Crippen LogP contribution in [-0.4, -0.2) is 37.0 Å². The van der Waals surface area contributed by atoms with Gasteiger partial charge in [-0.2, -0.15) is 0 Å². The summed E-state index contributed by atoms with van der Waals surface area (Å²) in [7, 11) is 1.64. The fraction of sp³-hybridized carbons (Fsp3) is 0.588. The standard InChI is InChI=1S/C17H26N2O2.ClH/c1-12-5-6-14(21-4)13(9-12)10-16(20)19-8-7-15(18)17(2,3)11-19;/h5-6,9,15H,7-8,10-11,18H2,1-4H3;1H. The number of hydrogen-bond acceptors (Lipinski definition) is 3. The minimum Gasteiger partial charge on any atom is -0.496 e. The quantitative estimate of drug-likeness (QED) is 0.928. The number of rotatable bonds is 3. The summed E-state index contributed by atoms with van der Waals surface area (Å²) in [6.45, 7) is 7.75. The molecule has 22 heavy (non-hydrogen) atoms. The third kappa shape index (κ3) is 4.14. The molecule has 1 unspecified atom stereocenters. The first kappa shape index (κ1) is 18.8. The molecule has 0 bridgehead atoms. The molecule has 1 amide bonds. The summed E-state index contributed by atoms with van der Waals surface area (Å²) in [6.07, 6.45) is 1.25. The molecule has 1 saturated heterocycles. The fourth-order valence-electron chi connectivity index (χ4n) is 2.91. The maximum Gasteiger partial charge on any atom is 0.227 e. The predicted molar refractivity (Wildman–Crippen MR) is 91.6 cm³/mol. The molecule has 0 aliphatic carbocycles. The first-order valence-corrected chi connectivity index (χ1v) is 7.50. The maximum atomic E-state index is 12.6. The van der Waals surface area contributed by atoms with Gasteiger partial charge in [0, 0.05) is 24.7 Å². The van der Waals surface area contributed by atoms with Crippen molar-refractivity contribution in [1.82, 2.24) is 4.90 Å². The molecule has 1 fully saturated rings. The SMILES string of the molecule is COc1ccc(C)cc1CC(=O)N1CCC(N)C(C)(C)C1.Cl. The highest BCUT2D eigenvalue weighted by Crippen LogP contribution is 2.28. The Morgan fingerprint density at radius 1 is 1.45 bits per heavy atom.